The van der Waals surface area contributed by atoms with Gasteiger partial charge in [-0.15, -0.1) is 0 Å². The first-order valence-electron chi connectivity index (χ1n) is 9.89. The molecule has 1 unspecified atom stereocenters. The number of aromatic nitrogens is 2. The second-order valence-corrected chi connectivity index (χ2v) is 7.41. The predicted octanol–water partition coefficient (Wildman–Crippen LogP) is 2.89. The Morgan fingerprint density at radius 3 is 2.93 bits per heavy atom. The third-order valence-electron chi connectivity index (χ3n) is 5.46. The highest BCUT2D eigenvalue weighted by Gasteiger charge is 2.27. The van der Waals surface area contributed by atoms with Gasteiger partial charge in [0.15, 0.2) is 11.5 Å². The van der Waals surface area contributed by atoms with Crippen LogP contribution in [0.15, 0.2) is 48.7 Å². The lowest BCUT2D eigenvalue weighted by Gasteiger charge is -2.32. The van der Waals surface area contributed by atoms with Crippen LogP contribution in [0.2, 0.25) is 0 Å². The number of carbonyl (C=O) groups is 1. The summed E-state index contributed by atoms with van der Waals surface area (Å²) in [5, 5.41) is 3.06. The SMILES string of the molecule is O=C(NCc1ccc2c(c1)OCO2)C1CCCN(c2cnc3ccccc3n2)C1. The molecule has 1 N–H and O–H groups in total. The monoisotopic (exact) mass is 390 g/mol. The molecule has 29 heavy (non-hydrogen) atoms. The van der Waals surface area contributed by atoms with E-state index in [4.69, 9.17) is 14.5 Å². The number of piperidine rings is 1. The Kier molecular flexibility index (Phi) is 4.63. The third-order valence-corrected chi connectivity index (χ3v) is 5.46. The molecule has 7 nitrogen and oxygen atoms in total. The van der Waals surface area contributed by atoms with E-state index in [1.807, 2.05) is 42.5 Å². The van der Waals surface area contributed by atoms with Crippen LogP contribution in [0.1, 0.15) is 18.4 Å². The van der Waals surface area contributed by atoms with Crippen LogP contribution in [0.3, 0.4) is 0 Å². The Morgan fingerprint density at radius 2 is 2.00 bits per heavy atom. The number of hydrogen-bond donors (Lipinski definition) is 1. The standard InChI is InChI=1S/C22H22N4O3/c27-22(24-11-15-7-8-19-20(10-15)29-14-28-19)16-4-3-9-26(13-16)21-12-23-17-5-1-2-6-18(17)25-21/h1-2,5-8,10,12,16H,3-4,9,11,13-14H2,(H,24,27). The maximum absolute atomic E-state index is 12.8. The summed E-state index contributed by atoms with van der Waals surface area (Å²) in [5.41, 5.74) is 2.75. The molecule has 2 aliphatic rings. The largest absolute Gasteiger partial charge is 0.454 e. The normalized spacial score (nSPS) is 18.1. The minimum atomic E-state index is -0.0639. The second kappa shape index (κ2) is 7.58. The van der Waals surface area contributed by atoms with Crippen molar-refractivity contribution in [3.63, 3.8) is 0 Å². The smallest absolute Gasteiger partial charge is 0.231 e. The van der Waals surface area contributed by atoms with Crippen molar-refractivity contribution in [3.05, 3.63) is 54.2 Å². The second-order valence-electron chi connectivity index (χ2n) is 7.41. The third kappa shape index (κ3) is 3.68. The van der Waals surface area contributed by atoms with Crippen LogP contribution in [0, 0.1) is 5.92 Å². The van der Waals surface area contributed by atoms with Crippen molar-refractivity contribution in [1.82, 2.24) is 15.3 Å². The van der Waals surface area contributed by atoms with Crippen molar-refractivity contribution in [2.24, 2.45) is 5.92 Å². The van der Waals surface area contributed by atoms with Gasteiger partial charge >= 0.3 is 0 Å². The summed E-state index contributed by atoms with van der Waals surface area (Å²) in [4.78, 5) is 24.2. The molecule has 3 heterocycles. The summed E-state index contributed by atoms with van der Waals surface area (Å²) < 4.78 is 10.7. The molecule has 0 saturated carbocycles. The molecule has 1 saturated heterocycles. The van der Waals surface area contributed by atoms with Crippen molar-refractivity contribution in [2.75, 3.05) is 24.8 Å². The zero-order valence-electron chi connectivity index (χ0n) is 16.0. The fourth-order valence-corrected chi connectivity index (χ4v) is 3.88. The van der Waals surface area contributed by atoms with E-state index in [-0.39, 0.29) is 18.6 Å². The zero-order chi connectivity index (χ0) is 19.6. The molecular formula is C22H22N4O3. The number of hydrogen-bond acceptors (Lipinski definition) is 6. The average molecular weight is 390 g/mol. The lowest BCUT2D eigenvalue weighted by molar-refractivity contribution is -0.125. The fraction of sp³-hybridized carbons (Fsp3) is 0.318. The van der Waals surface area contributed by atoms with Gasteiger partial charge in [0.05, 0.1) is 23.1 Å². The van der Waals surface area contributed by atoms with Crippen LogP contribution < -0.4 is 19.7 Å². The van der Waals surface area contributed by atoms with E-state index in [0.29, 0.717) is 13.1 Å². The van der Waals surface area contributed by atoms with Crippen LogP contribution in [0.5, 0.6) is 11.5 Å². The number of amides is 1. The van der Waals surface area contributed by atoms with E-state index in [9.17, 15) is 4.79 Å². The number of carbonyl (C=O) groups excluding carboxylic acids is 1. The lowest BCUT2D eigenvalue weighted by atomic mass is 9.97. The van der Waals surface area contributed by atoms with E-state index >= 15 is 0 Å². The summed E-state index contributed by atoms with van der Waals surface area (Å²) in [6, 6.07) is 13.6. The van der Waals surface area contributed by atoms with Crippen molar-refractivity contribution in [1.29, 1.82) is 0 Å². The Balaban J connectivity index is 1.23. The highest BCUT2D eigenvalue weighted by molar-refractivity contribution is 5.80. The van der Waals surface area contributed by atoms with Gasteiger partial charge in [0.2, 0.25) is 12.7 Å². The summed E-state index contributed by atoms with van der Waals surface area (Å²) in [5.74, 6) is 2.32. The van der Waals surface area contributed by atoms with E-state index in [1.165, 1.54) is 0 Å². The zero-order valence-corrected chi connectivity index (χ0v) is 16.0. The van der Waals surface area contributed by atoms with Crippen LogP contribution in [0.4, 0.5) is 5.82 Å². The van der Waals surface area contributed by atoms with Crippen LogP contribution in [-0.4, -0.2) is 35.8 Å². The topological polar surface area (TPSA) is 76.6 Å². The van der Waals surface area contributed by atoms with E-state index < -0.39 is 0 Å². The molecule has 7 heteroatoms. The van der Waals surface area contributed by atoms with Crippen LogP contribution in [0.25, 0.3) is 11.0 Å². The number of nitrogens with zero attached hydrogens (tertiary/aromatic N) is 3. The summed E-state index contributed by atoms with van der Waals surface area (Å²) in [6.07, 6.45) is 3.64. The molecule has 2 aliphatic heterocycles. The van der Waals surface area contributed by atoms with E-state index in [0.717, 1.165) is 53.3 Å². The molecule has 3 aromatic rings. The molecule has 148 valence electrons. The number of nitrogens with one attached hydrogen (secondary N) is 1. The van der Waals surface area contributed by atoms with Gasteiger partial charge in [-0.25, -0.2) is 4.98 Å². The Morgan fingerprint density at radius 1 is 1.14 bits per heavy atom. The molecule has 1 amide bonds. The Bertz CT molecular complexity index is 1060. The van der Waals surface area contributed by atoms with Gasteiger partial charge < -0.3 is 19.7 Å². The van der Waals surface area contributed by atoms with Crippen molar-refractivity contribution in [2.45, 2.75) is 19.4 Å². The van der Waals surface area contributed by atoms with Gasteiger partial charge in [-0.1, -0.05) is 18.2 Å². The van der Waals surface area contributed by atoms with Crippen molar-refractivity contribution >= 4 is 22.8 Å². The average Bonchev–Trinajstić information content (AvgIpc) is 3.25. The maximum atomic E-state index is 12.8. The first-order chi connectivity index (χ1) is 14.3. The number of anilines is 1. The van der Waals surface area contributed by atoms with Crippen LogP contribution >= 0.6 is 0 Å². The first-order valence-corrected chi connectivity index (χ1v) is 9.89. The molecule has 0 bridgehead atoms. The molecular weight excluding hydrogens is 368 g/mol. The number of para-hydroxylation sites is 2. The number of fused-ring (bicyclic) bond motifs is 2. The van der Waals surface area contributed by atoms with Crippen molar-refractivity contribution in [3.8, 4) is 11.5 Å². The van der Waals surface area contributed by atoms with Crippen molar-refractivity contribution < 1.29 is 14.3 Å². The summed E-state index contributed by atoms with van der Waals surface area (Å²) >= 11 is 0. The highest BCUT2D eigenvalue weighted by atomic mass is 16.7. The minimum absolute atomic E-state index is 0.0639. The first kappa shape index (κ1) is 17.7. The van der Waals surface area contributed by atoms with Gasteiger partial charge in [-0.2, -0.15) is 0 Å². The molecule has 0 radical (unpaired) electrons. The molecule has 1 fully saturated rings. The lowest BCUT2D eigenvalue weighted by Crippen LogP contribution is -2.43. The Labute approximate surface area is 168 Å². The summed E-state index contributed by atoms with van der Waals surface area (Å²) in [7, 11) is 0. The van der Waals surface area contributed by atoms with E-state index in [2.05, 4.69) is 15.2 Å². The predicted molar refractivity (Wildman–Crippen MR) is 109 cm³/mol. The molecule has 0 aliphatic carbocycles. The summed E-state index contributed by atoms with van der Waals surface area (Å²) in [6.45, 7) is 2.27. The molecule has 0 spiro atoms. The fourth-order valence-electron chi connectivity index (χ4n) is 3.88. The molecule has 2 aromatic carbocycles. The number of benzene rings is 2. The molecule has 1 aromatic heterocycles. The van der Waals surface area contributed by atoms with Gasteiger partial charge in [-0.3, -0.25) is 9.78 Å². The van der Waals surface area contributed by atoms with E-state index in [1.54, 1.807) is 6.20 Å². The van der Waals surface area contributed by atoms with Gasteiger partial charge in [-0.05, 0) is 42.7 Å². The Hall–Kier alpha value is -3.35. The van der Waals surface area contributed by atoms with Gasteiger partial charge in [0.1, 0.15) is 5.82 Å². The van der Waals surface area contributed by atoms with Crippen LogP contribution in [-0.2, 0) is 11.3 Å². The maximum Gasteiger partial charge on any atom is 0.231 e. The quantitative estimate of drug-likeness (QED) is 0.738. The number of ether oxygens (including phenoxy) is 2. The van der Waals surface area contributed by atoms with Gasteiger partial charge in [0, 0.05) is 19.6 Å². The number of rotatable bonds is 4. The van der Waals surface area contributed by atoms with Gasteiger partial charge in [0.25, 0.3) is 0 Å². The molecule has 5 rings (SSSR count). The minimum Gasteiger partial charge on any atom is -0.454 e. The molecule has 1 atom stereocenters. The highest BCUT2D eigenvalue weighted by Crippen LogP contribution is 2.32.